The molecule has 28 heavy (non-hydrogen) atoms. The van der Waals surface area contributed by atoms with E-state index in [0.29, 0.717) is 36.2 Å². The third-order valence-electron chi connectivity index (χ3n) is 3.89. The molecule has 2 rings (SSSR count). The molecule has 150 valence electrons. The summed E-state index contributed by atoms with van der Waals surface area (Å²) in [4.78, 5) is 23.8. The number of esters is 2. The monoisotopic (exact) mass is 386 g/mol. The highest BCUT2D eigenvalue weighted by Gasteiger charge is 2.10. The predicted molar refractivity (Wildman–Crippen MR) is 105 cm³/mol. The van der Waals surface area contributed by atoms with Crippen molar-refractivity contribution in [2.45, 2.75) is 26.7 Å². The lowest BCUT2D eigenvalue weighted by Crippen LogP contribution is -2.17. The summed E-state index contributed by atoms with van der Waals surface area (Å²) in [5, 5.41) is 0. The van der Waals surface area contributed by atoms with Gasteiger partial charge in [-0.1, -0.05) is 26.0 Å². The van der Waals surface area contributed by atoms with Crippen LogP contribution in [-0.4, -0.2) is 38.4 Å². The zero-order valence-corrected chi connectivity index (χ0v) is 16.5. The second-order valence-electron chi connectivity index (χ2n) is 6.34. The van der Waals surface area contributed by atoms with Gasteiger partial charge in [-0.2, -0.15) is 0 Å². The topological polar surface area (TPSA) is 71.1 Å². The molecular formula is C22H26O6. The van der Waals surface area contributed by atoms with Crippen molar-refractivity contribution in [2.24, 2.45) is 0 Å². The zero-order valence-electron chi connectivity index (χ0n) is 16.5. The molecule has 0 fully saturated rings. The lowest BCUT2D eigenvalue weighted by molar-refractivity contribution is -0.136. The van der Waals surface area contributed by atoms with E-state index in [1.165, 1.54) is 29.8 Å². The van der Waals surface area contributed by atoms with Crippen molar-refractivity contribution in [3.05, 3.63) is 59.7 Å². The molecule has 0 amide bonds. The second kappa shape index (κ2) is 11.1. The molecule has 0 spiro atoms. The molecule has 2 aromatic carbocycles. The van der Waals surface area contributed by atoms with E-state index in [9.17, 15) is 9.59 Å². The molecule has 0 aliphatic heterocycles. The van der Waals surface area contributed by atoms with Crippen LogP contribution in [0, 0.1) is 0 Å². The van der Waals surface area contributed by atoms with Gasteiger partial charge in [0.15, 0.2) is 6.61 Å². The average molecular weight is 386 g/mol. The van der Waals surface area contributed by atoms with Crippen LogP contribution in [0.4, 0.5) is 0 Å². The van der Waals surface area contributed by atoms with Crippen molar-refractivity contribution < 1.29 is 28.5 Å². The third kappa shape index (κ3) is 7.04. The van der Waals surface area contributed by atoms with Crippen molar-refractivity contribution >= 4 is 11.9 Å². The van der Waals surface area contributed by atoms with Crippen LogP contribution in [0.3, 0.4) is 0 Å². The molecular weight excluding hydrogens is 360 g/mol. The highest BCUT2D eigenvalue weighted by atomic mass is 16.6. The Morgan fingerprint density at radius 3 is 2.14 bits per heavy atom. The van der Waals surface area contributed by atoms with Crippen LogP contribution in [0.5, 0.6) is 11.5 Å². The number of ether oxygens (including phenoxy) is 4. The largest absolute Gasteiger partial charge is 0.482 e. The molecule has 6 heteroatoms. The summed E-state index contributed by atoms with van der Waals surface area (Å²) in [6, 6.07) is 13.7. The van der Waals surface area contributed by atoms with Crippen LogP contribution in [0.2, 0.25) is 0 Å². The normalized spacial score (nSPS) is 10.6. The van der Waals surface area contributed by atoms with Gasteiger partial charge in [-0.05, 0) is 54.8 Å². The van der Waals surface area contributed by atoms with Crippen LogP contribution in [-0.2, 0) is 14.3 Å². The summed E-state index contributed by atoms with van der Waals surface area (Å²) in [5.41, 5.74) is 1.57. The van der Waals surface area contributed by atoms with E-state index in [0.717, 1.165) is 0 Å². The van der Waals surface area contributed by atoms with Gasteiger partial charge in [0.25, 0.3) is 0 Å². The number of carbonyl (C=O) groups is 2. The van der Waals surface area contributed by atoms with Crippen LogP contribution in [0.15, 0.2) is 48.5 Å². The quantitative estimate of drug-likeness (QED) is 0.349. The van der Waals surface area contributed by atoms with Gasteiger partial charge >= 0.3 is 11.9 Å². The van der Waals surface area contributed by atoms with Gasteiger partial charge in [-0.15, -0.1) is 0 Å². The van der Waals surface area contributed by atoms with Crippen LogP contribution in [0.1, 0.15) is 42.6 Å². The lowest BCUT2D eigenvalue weighted by atomic mass is 10.0. The Labute approximate surface area is 165 Å². The summed E-state index contributed by atoms with van der Waals surface area (Å²) in [6.45, 7) is 7.01. The van der Waals surface area contributed by atoms with Gasteiger partial charge < -0.3 is 18.9 Å². The standard InChI is InChI=1S/C22H26O6/c1-4-25-13-14-26-22(24)18-7-11-20(12-8-18)28-21(23)15-27-19-9-5-17(6-10-19)16(2)3/h5-12,16H,4,13-15H2,1-3H3. The minimum absolute atomic E-state index is 0.193. The fraction of sp³-hybridized carbons (Fsp3) is 0.364. The van der Waals surface area contributed by atoms with E-state index >= 15 is 0 Å². The van der Waals surface area contributed by atoms with Gasteiger partial charge in [0, 0.05) is 6.61 Å². The predicted octanol–water partition coefficient (Wildman–Crippen LogP) is 3.99. The van der Waals surface area contributed by atoms with E-state index in [1.807, 2.05) is 31.2 Å². The van der Waals surface area contributed by atoms with E-state index < -0.39 is 11.9 Å². The highest BCUT2D eigenvalue weighted by Crippen LogP contribution is 2.19. The molecule has 6 nitrogen and oxygen atoms in total. The van der Waals surface area contributed by atoms with Crippen molar-refractivity contribution in [2.75, 3.05) is 26.4 Å². The van der Waals surface area contributed by atoms with Crippen molar-refractivity contribution in [3.8, 4) is 11.5 Å². The molecule has 0 N–H and O–H groups in total. The molecule has 0 saturated carbocycles. The molecule has 0 atom stereocenters. The van der Waals surface area contributed by atoms with Crippen LogP contribution >= 0.6 is 0 Å². The number of hydrogen-bond acceptors (Lipinski definition) is 6. The minimum Gasteiger partial charge on any atom is -0.482 e. The first-order valence-electron chi connectivity index (χ1n) is 9.28. The molecule has 0 bridgehead atoms. The van der Waals surface area contributed by atoms with Gasteiger partial charge in [0.05, 0.1) is 12.2 Å². The van der Waals surface area contributed by atoms with Crippen LogP contribution < -0.4 is 9.47 Å². The second-order valence-corrected chi connectivity index (χ2v) is 6.34. The molecule has 0 saturated heterocycles. The SMILES string of the molecule is CCOCCOC(=O)c1ccc(OC(=O)COc2ccc(C(C)C)cc2)cc1. The first kappa shape index (κ1) is 21.4. The average Bonchev–Trinajstić information content (AvgIpc) is 2.70. The summed E-state index contributed by atoms with van der Waals surface area (Å²) >= 11 is 0. The number of benzene rings is 2. The Balaban J connectivity index is 1.78. The number of hydrogen-bond donors (Lipinski definition) is 0. The molecule has 2 aromatic rings. The lowest BCUT2D eigenvalue weighted by Gasteiger charge is -2.09. The summed E-state index contributed by atoms with van der Waals surface area (Å²) in [5.74, 6) is 0.385. The fourth-order valence-electron chi connectivity index (χ4n) is 2.33. The molecule has 0 aliphatic carbocycles. The van der Waals surface area contributed by atoms with E-state index in [2.05, 4.69) is 13.8 Å². The van der Waals surface area contributed by atoms with Crippen LogP contribution in [0.25, 0.3) is 0 Å². The summed E-state index contributed by atoms with van der Waals surface area (Å²) in [7, 11) is 0. The number of rotatable bonds is 10. The fourth-order valence-corrected chi connectivity index (χ4v) is 2.33. The molecule has 0 heterocycles. The maximum absolute atomic E-state index is 11.9. The Morgan fingerprint density at radius 1 is 0.893 bits per heavy atom. The zero-order chi connectivity index (χ0) is 20.4. The van der Waals surface area contributed by atoms with Gasteiger partial charge in [-0.3, -0.25) is 0 Å². The Kier molecular flexibility index (Phi) is 8.49. The Hall–Kier alpha value is -2.86. The minimum atomic E-state index is -0.528. The Morgan fingerprint density at radius 2 is 1.54 bits per heavy atom. The highest BCUT2D eigenvalue weighted by molar-refractivity contribution is 5.89. The van der Waals surface area contributed by atoms with Crippen molar-refractivity contribution in [3.63, 3.8) is 0 Å². The first-order valence-corrected chi connectivity index (χ1v) is 9.28. The van der Waals surface area contributed by atoms with Gasteiger partial charge in [-0.25, -0.2) is 9.59 Å². The van der Waals surface area contributed by atoms with Gasteiger partial charge in [0.2, 0.25) is 0 Å². The van der Waals surface area contributed by atoms with Crippen molar-refractivity contribution in [1.82, 2.24) is 0 Å². The maximum Gasteiger partial charge on any atom is 0.349 e. The first-order chi connectivity index (χ1) is 13.5. The van der Waals surface area contributed by atoms with E-state index in [-0.39, 0.29) is 13.2 Å². The molecule has 0 aliphatic rings. The summed E-state index contributed by atoms with van der Waals surface area (Å²) in [6.07, 6.45) is 0. The molecule has 0 aromatic heterocycles. The number of carbonyl (C=O) groups excluding carboxylic acids is 2. The van der Waals surface area contributed by atoms with E-state index in [1.54, 1.807) is 0 Å². The maximum atomic E-state index is 11.9. The molecule has 0 unspecified atom stereocenters. The summed E-state index contributed by atoms with van der Waals surface area (Å²) < 4.78 is 20.8. The van der Waals surface area contributed by atoms with Gasteiger partial charge in [0.1, 0.15) is 18.1 Å². The van der Waals surface area contributed by atoms with E-state index in [4.69, 9.17) is 18.9 Å². The third-order valence-corrected chi connectivity index (χ3v) is 3.89. The van der Waals surface area contributed by atoms with Crippen molar-refractivity contribution in [1.29, 1.82) is 0 Å². The molecule has 0 radical (unpaired) electrons. The Bertz CT molecular complexity index is 750. The smallest absolute Gasteiger partial charge is 0.349 e.